The summed E-state index contributed by atoms with van der Waals surface area (Å²) >= 11 is 1.84. The van der Waals surface area contributed by atoms with Crippen LogP contribution >= 0.6 is 11.8 Å². The molecule has 1 N–H and O–H groups in total. The van der Waals surface area contributed by atoms with E-state index in [9.17, 15) is 4.79 Å². The van der Waals surface area contributed by atoms with E-state index in [1.165, 1.54) is 43.4 Å². The molecule has 0 radical (unpaired) electrons. The first-order valence-corrected chi connectivity index (χ1v) is 9.07. The lowest BCUT2D eigenvalue weighted by molar-refractivity contribution is 0.277. The summed E-state index contributed by atoms with van der Waals surface area (Å²) in [6.45, 7) is 0.721. The molecule has 0 atom stereocenters. The Kier molecular flexibility index (Phi) is 5.01. The molecule has 1 saturated carbocycles. The van der Waals surface area contributed by atoms with Crippen LogP contribution in [-0.2, 0) is 19.4 Å². The number of rotatable bonds is 5. The van der Waals surface area contributed by atoms with Crippen LogP contribution in [0.3, 0.4) is 0 Å². The van der Waals surface area contributed by atoms with Crippen LogP contribution in [0.25, 0.3) is 0 Å². The number of aliphatic hydroxyl groups is 1. The summed E-state index contributed by atoms with van der Waals surface area (Å²) in [4.78, 5) is 16.7. The summed E-state index contributed by atoms with van der Waals surface area (Å²) in [6.07, 6.45) is 10.3. The SMILES string of the molecule is O=c1nc(SC2CCCCC2)c2c(n1CCCO)CCC2. The molecule has 3 rings (SSSR count). The Bertz CT molecular complexity index is 550. The molecule has 21 heavy (non-hydrogen) atoms. The first-order chi connectivity index (χ1) is 10.3. The van der Waals surface area contributed by atoms with E-state index in [0.717, 1.165) is 24.3 Å². The lowest BCUT2D eigenvalue weighted by Gasteiger charge is -2.22. The smallest absolute Gasteiger partial charge is 0.348 e. The van der Waals surface area contributed by atoms with Gasteiger partial charge < -0.3 is 5.11 Å². The molecule has 0 aromatic carbocycles. The minimum Gasteiger partial charge on any atom is -0.396 e. The van der Waals surface area contributed by atoms with Crippen molar-refractivity contribution >= 4 is 11.8 Å². The molecule has 4 nitrogen and oxygen atoms in total. The fraction of sp³-hybridized carbons (Fsp3) is 0.750. The molecule has 2 aliphatic rings. The fourth-order valence-corrected chi connectivity index (χ4v) is 4.86. The van der Waals surface area contributed by atoms with Gasteiger partial charge in [0.15, 0.2) is 0 Å². The Morgan fingerprint density at radius 2 is 2.00 bits per heavy atom. The van der Waals surface area contributed by atoms with Crippen LogP contribution in [0.4, 0.5) is 0 Å². The van der Waals surface area contributed by atoms with Gasteiger partial charge in [-0.3, -0.25) is 4.57 Å². The summed E-state index contributed by atoms with van der Waals surface area (Å²) in [5, 5.41) is 10.6. The molecule has 0 spiro atoms. The Balaban J connectivity index is 1.86. The van der Waals surface area contributed by atoms with E-state index < -0.39 is 0 Å². The second-order valence-electron chi connectivity index (χ2n) is 6.08. The zero-order valence-electron chi connectivity index (χ0n) is 12.5. The predicted octanol–water partition coefficient (Wildman–Crippen LogP) is 2.54. The third kappa shape index (κ3) is 3.34. The van der Waals surface area contributed by atoms with Gasteiger partial charge in [-0.25, -0.2) is 4.79 Å². The summed E-state index contributed by atoms with van der Waals surface area (Å²) in [5.74, 6) is 0. The summed E-state index contributed by atoms with van der Waals surface area (Å²) < 4.78 is 1.80. The Labute approximate surface area is 130 Å². The van der Waals surface area contributed by atoms with Gasteiger partial charge in [0.2, 0.25) is 0 Å². The number of fused-ring (bicyclic) bond motifs is 1. The maximum absolute atomic E-state index is 12.3. The third-order valence-electron chi connectivity index (χ3n) is 4.57. The van der Waals surface area contributed by atoms with Crippen LogP contribution in [0.5, 0.6) is 0 Å². The first-order valence-electron chi connectivity index (χ1n) is 8.19. The van der Waals surface area contributed by atoms with Crippen LogP contribution < -0.4 is 5.69 Å². The van der Waals surface area contributed by atoms with E-state index in [1.54, 1.807) is 4.57 Å². The molecular formula is C16H24N2O2S. The zero-order chi connectivity index (χ0) is 14.7. The van der Waals surface area contributed by atoms with E-state index >= 15 is 0 Å². The van der Waals surface area contributed by atoms with E-state index in [2.05, 4.69) is 4.98 Å². The van der Waals surface area contributed by atoms with E-state index in [0.29, 0.717) is 18.2 Å². The van der Waals surface area contributed by atoms with Gasteiger partial charge in [-0.2, -0.15) is 4.98 Å². The fourth-order valence-electron chi connectivity index (χ4n) is 3.48. The van der Waals surface area contributed by atoms with Crippen molar-refractivity contribution in [2.75, 3.05) is 6.61 Å². The van der Waals surface area contributed by atoms with Crippen molar-refractivity contribution in [3.63, 3.8) is 0 Å². The second-order valence-corrected chi connectivity index (χ2v) is 7.37. The highest BCUT2D eigenvalue weighted by molar-refractivity contribution is 7.99. The maximum Gasteiger partial charge on any atom is 0.348 e. The lowest BCUT2D eigenvalue weighted by atomic mass is 10.0. The van der Waals surface area contributed by atoms with Gasteiger partial charge in [0.05, 0.1) is 0 Å². The number of nitrogens with zero attached hydrogens (tertiary/aromatic N) is 2. The largest absolute Gasteiger partial charge is 0.396 e. The number of thioether (sulfide) groups is 1. The summed E-state index contributed by atoms with van der Waals surface area (Å²) in [7, 11) is 0. The number of hydrogen-bond acceptors (Lipinski definition) is 4. The molecule has 1 aromatic heterocycles. The molecule has 0 unspecified atom stereocenters. The Morgan fingerprint density at radius 3 is 2.76 bits per heavy atom. The first kappa shape index (κ1) is 15.1. The standard InChI is InChI=1S/C16H24N2O2S/c19-11-5-10-18-14-9-4-8-13(14)15(17-16(18)20)21-12-6-2-1-3-7-12/h12,19H,1-11H2. The molecule has 1 fully saturated rings. The average Bonchev–Trinajstić information content (AvgIpc) is 2.97. The van der Waals surface area contributed by atoms with Gasteiger partial charge in [0.25, 0.3) is 0 Å². The maximum atomic E-state index is 12.3. The Morgan fingerprint density at radius 1 is 1.19 bits per heavy atom. The quantitative estimate of drug-likeness (QED) is 0.849. The topological polar surface area (TPSA) is 55.1 Å². The Hall–Kier alpha value is -0.810. The van der Waals surface area contributed by atoms with E-state index in [1.807, 2.05) is 11.8 Å². The minimum absolute atomic E-state index is 0.123. The van der Waals surface area contributed by atoms with Gasteiger partial charge in [-0.05, 0) is 38.5 Å². The number of hydrogen-bond donors (Lipinski definition) is 1. The molecule has 0 saturated heterocycles. The highest BCUT2D eigenvalue weighted by Gasteiger charge is 2.24. The van der Waals surface area contributed by atoms with E-state index in [4.69, 9.17) is 5.11 Å². The molecule has 5 heteroatoms. The van der Waals surface area contributed by atoms with Crippen molar-refractivity contribution < 1.29 is 5.11 Å². The average molecular weight is 308 g/mol. The molecule has 116 valence electrons. The van der Waals surface area contributed by atoms with E-state index in [-0.39, 0.29) is 12.3 Å². The molecule has 2 aliphatic carbocycles. The lowest BCUT2D eigenvalue weighted by Crippen LogP contribution is -2.28. The monoisotopic (exact) mass is 308 g/mol. The summed E-state index contributed by atoms with van der Waals surface area (Å²) in [5.41, 5.74) is 2.37. The highest BCUT2D eigenvalue weighted by atomic mass is 32.2. The van der Waals surface area contributed by atoms with Crippen LogP contribution in [0, 0.1) is 0 Å². The van der Waals surface area contributed by atoms with Gasteiger partial charge in [0.1, 0.15) is 5.03 Å². The molecule has 0 aliphatic heterocycles. The van der Waals surface area contributed by atoms with Crippen molar-refractivity contribution in [3.8, 4) is 0 Å². The van der Waals surface area contributed by atoms with Gasteiger partial charge in [-0.1, -0.05) is 19.3 Å². The highest BCUT2D eigenvalue weighted by Crippen LogP contribution is 2.36. The molecular weight excluding hydrogens is 284 g/mol. The van der Waals surface area contributed by atoms with Crippen LogP contribution in [0.15, 0.2) is 9.82 Å². The van der Waals surface area contributed by atoms with Crippen molar-refractivity contribution in [2.24, 2.45) is 0 Å². The minimum atomic E-state index is -0.123. The van der Waals surface area contributed by atoms with Crippen LogP contribution in [0.2, 0.25) is 0 Å². The van der Waals surface area contributed by atoms with Gasteiger partial charge >= 0.3 is 5.69 Å². The van der Waals surface area contributed by atoms with Gasteiger partial charge in [0, 0.05) is 29.7 Å². The molecule has 0 bridgehead atoms. The predicted molar refractivity (Wildman–Crippen MR) is 85.0 cm³/mol. The van der Waals surface area contributed by atoms with Crippen molar-refractivity contribution in [1.29, 1.82) is 0 Å². The molecule has 0 amide bonds. The van der Waals surface area contributed by atoms with Crippen molar-refractivity contribution in [1.82, 2.24) is 9.55 Å². The number of aliphatic hydroxyl groups excluding tert-OH is 1. The van der Waals surface area contributed by atoms with Crippen LogP contribution in [-0.4, -0.2) is 26.5 Å². The summed E-state index contributed by atoms with van der Waals surface area (Å²) in [6, 6.07) is 0. The van der Waals surface area contributed by atoms with Crippen molar-refractivity contribution in [2.45, 2.75) is 74.6 Å². The molecule has 1 heterocycles. The third-order valence-corrected chi connectivity index (χ3v) is 5.94. The van der Waals surface area contributed by atoms with Crippen LogP contribution in [0.1, 0.15) is 56.2 Å². The normalized spacial score (nSPS) is 18.9. The van der Waals surface area contributed by atoms with Gasteiger partial charge in [-0.15, -0.1) is 11.8 Å². The zero-order valence-corrected chi connectivity index (χ0v) is 13.3. The number of aromatic nitrogens is 2. The second kappa shape index (κ2) is 6.97. The molecule has 1 aromatic rings. The van der Waals surface area contributed by atoms with Crippen molar-refractivity contribution in [3.05, 3.63) is 21.7 Å².